The van der Waals surface area contributed by atoms with E-state index in [1.807, 2.05) is 24.3 Å². The van der Waals surface area contributed by atoms with Crippen LogP contribution in [0.15, 0.2) is 140 Å². The van der Waals surface area contributed by atoms with Crippen LogP contribution in [0.2, 0.25) is 0 Å². The van der Waals surface area contributed by atoms with Gasteiger partial charge in [-0.05, 0) is 62.1 Å². The molecule has 0 aliphatic heterocycles. The molecule has 0 aromatic heterocycles. The third-order valence-corrected chi connectivity index (χ3v) is 9.03. The van der Waals surface area contributed by atoms with Crippen LogP contribution < -0.4 is 20.7 Å². The van der Waals surface area contributed by atoms with Crippen LogP contribution in [0.3, 0.4) is 0 Å². The van der Waals surface area contributed by atoms with Crippen molar-refractivity contribution in [1.29, 1.82) is 0 Å². The second kappa shape index (κ2) is 23.9. The summed E-state index contributed by atoms with van der Waals surface area (Å²) in [6.07, 6.45) is 14.0. The number of hydrogen-bond donors (Lipinski definition) is 0. The fourth-order valence-corrected chi connectivity index (χ4v) is 6.26. The summed E-state index contributed by atoms with van der Waals surface area (Å²) in [6.45, 7) is 0. The van der Waals surface area contributed by atoms with Crippen LogP contribution in [-0.2, 0) is 52.0 Å². The first-order chi connectivity index (χ1) is 20.6. The fourth-order valence-electron chi connectivity index (χ4n) is 3.68. The molecule has 0 fully saturated rings. The van der Waals surface area contributed by atoms with Crippen molar-refractivity contribution in [3.8, 4) is 5.75 Å². The number of hydrogen-bond acceptors (Lipinski definition) is 4. The average Bonchev–Trinajstić information content (AvgIpc) is 2.99. The van der Waals surface area contributed by atoms with Crippen LogP contribution in [0.4, 0.5) is 13.2 Å². The molecule has 0 heterocycles. The Hall–Kier alpha value is -2.35. The molecule has 247 valence electrons. The summed E-state index contributed by atoms with van der Waals surface area (Å²) < 4.78 is 63.8. The Morgan fingerprint density at radius 3 is 1.18 bits per heavy atom. The van der Waals surface area contributed by atoms with Crippen LogP contribution >= 0.6 is 7.92 Å². The van der Waals surface area contributed by atoms with Crippen LogP contribution in [0, 0.1) is 6.07 Å². The Balaban J connectivity index is 0.000000629. The molecule has 4 nitrogen and oxygen atoms in total. The first-order valence-electron chi connectivity index (χ1n) is 13.5. The molecule has 11 heteroatoms. The Morgan fingerprint density at radius 2 is 0.956 bits per heavy atom. The van der Waals surface area contributed by atoms with E-state index in [0.29, 0.717) is 0 Å². The molecule has 0 unspecified atom stereocenters. The molecule has 0 spiro atoms. The predicted molar refractivity (Wildman–Crippen MR) is 171 cm³/mol. The van der Waals surface area contributed by atoms with Gasteiger partial charge < -0.3 is 9.29 Å². The number of methoxy groups -OCH3 is 1. The summed E-state index contributed by atoms with van der Waals surface area (Å²) in [7, 11) is -5.32. The quantitative estimate of drug-likeness (QED) is 0.0536. The van der Waals surface area contributed by atoms with Crippen molar-refractivity contribution < 1.29 is 72.7 Å². The number of halogens is 3. The third-order valence-electron chi connectivity index (χ3n) is 5.73. The maximum atomic E-state index is 10.7. The summed E-state index contributed by atoms with van der Waals surface area (Å²) >= 11 is 0. The van der Waals surface area contributed by atoms with E-state index in [1.165, 1.54) is 41.6 Å². The number of allylic oxidation sites excluding steroid dienone is 4. The minimum Gasteiger partial charge on any atom is -0.741 e. The van der Waals surface area contributed by atoms with Gasteiger partial charge in [-0.25, -0.2) is 8.42 Å². The van der Waals surface area contributed by atoms with Gasteiger partial charge in [0.15, 0.2) is 10.1 Å². The zero-order chi connectivity index (χ0) is 31.4. The first-order valence-corrected chi connectivity index (χ1v) is 16.4. The minimum atomic E-state index is -6.09. The van der Waals surface area contributed by atoms with Gasteiger partial charge in [-0.15, -0.1) is 12.1 Å². The molecular formula is C34H35AuF3O4PRhS. The van der Waals surface area contributed by atoms with Crippen LogP contribution in [0.25, 0.3) is 0 Å². The van der Waals surface area contributed by atoms with Crippen molar-refractivity contribution in [1.82, 2.24) is 0 Å². The van der Waals surface area contributed by atoms with Gasteiger partial charge in [0.05, 0.1) is 15.0 Å². The SMILES string of the molecule is C1=C\CC/C=C\CC/1.COc1cc[c-]cc1.O=S(=O)([O-])C(F)(F)F.[Au+].[Rh].c1ccc([PH+](c2ccccc2)c2ccccc2)cc1. The predicted octanol–water partition coefficient (Wildman–Crippen LogP) is 7.39. The van der Waals surface area contributed by atoms with Gasteiger partial charge in [0, 0.05) is 25.2 Å². The van der Waals surface area contributed by atoms with Crippen molar-refractivity contribution in [2.24, 2.45) is 0 Å². The third kappa shape index (κ3) is 17.8. The average molecular weight is 928 g/mol. The smallest absolute Gasteiger partial charge is 0.741 e. The largest absolute Gasteiger partial charge is 1.00 e. The zero-order valence-electron chi connectivity index (χ0n) is 24.4. The Labute approximate surface area is 294 Å². The van der Waals surface area contributed by atoms with Crippen molar-refractivity contribution in [2.45, 2.75) is 31.2 Å². The number of alkyl halides is 3. The molecular weight excluding hydrogens is 892 g/mol. The molecule has 45 heavy (non-hydrogen) atoms. The van der Waals surface area contributed by atoms with Crippen LogP contribution in [-0.4, -0.2) is 25.6 Å². The van der Waals surface area contributed by atoms with E-state index in [1.54, 1.807) is 7.11 Å². The summed E-state index contributed by atoms with van der Waals surface area (Å²) in [4.78, 5) is 0. The van der Waals surface area contributed by atoms with E-state index in [9.17, 15) is 13.2 Å². The topological polar surface area (TPSA) is 66.4 Å². The molecule has 5 rings (SSSR count). The zero-order valence-corrected chi connectivity index (χ0v) is 30.0. The fraction of sp³-hybridized carbons (Fsp3) is 0.176. The molecule has 1 aliphatic carbocycles. The molecule has 4 aromatic carbocycles. The molecule has 4 aromatic rings. The van der Waals surface area contributed by atoms with Crippen molar-refractivity contribution >= 4 is 34.0 Å². The van der Waals surface area contributed by atoms with Gasteiger partial charge in [0.2, 0.25) is 0 Å². The standard InChI is InChI=1S/C18H15P.C8H12.C7H7O.CHF3O3S.Au.Rh/c1-4-10-16(11-5-1)19(17-12-6-2-7-13-17)18-14-8-3-9-15-18;1-2-4-6-8-7-5-3-1;1-8-7-5-3-2-4-6-7;2-1(3,4)8(5,6)7;;/h1-15H;1-2,7-8H,3-6H2;3-6H,1H3;(H,5,6,7);;/q;;-1;;+1;/b;2-1-,8-7-;;;;. The number of rotatable bonds is 4. The summed E-state index contributed by atoms with van der Waals surface area (Å²) in [5.41, 5.74) is -5.65. The van der Waals surface area contributed by atoms with Gasteiger partial charge in [-0.1, -0.05) is 78.9 Å². The second-order valence-corrected chi connectivity index (χ2v) is 12.8. The molecule has 0 saturated heterocycles. The molecule has 0 N–H and O–H groups in total. The Kier molecular flexibility index (Phi) is 22.7. The number of ether oxygens (including phenoxy) is 1. The maximum absolute atomic E-state index is 10.7. The Morgan fingerprint density at radius 1 is 0.667 bits per heavy atom. The molecule has 1 aliphatic rings. The van der Waals surface area contributed by atoms with Crippen molar-refractivity contribution in [3.05, 3.63) is 146 Å². The van der Waals surface area contributed by atoms with E-state index >= 15 is 0 Å². The van der Waals surface area contributed by atoms with Crippen LogP contribution in [0.1, 0.15) is 25.7 Å². The van der Waals surface area contributed by atoms with E-state index in [-0.39, 0.29) is 41.9 Å². The summed E-state index contributed by atoms with van der Waals surface area (Å²) in [5.74, 6) is 0.878. The molecule has 0 atom stereocenters. The van der Waals surface area contributed by atoms with Gasteiger partial charge in [-0.2, -0.15) is 31.4 Å². The van der Waals surface area contributed by atoms with Crippen molar-refractivity contribution in [3.63, 3.8) is 0 Å². The first kappa shape index (κ1) is 42.7. The van der Waals surface area contributed by atoms with Crippen LogP contribution in [0.5, 0.6) is 5.75 Å². The maximum Gasteiger partial charge on any atom is 1.00 e. The van der Waals surface area contributed by atoms with Gasteiger partial charge >= 0.3 is 27.9 Å². The van der Waals surface area contributed by atoms with Gasteiger partial charge in [0.25, 0.3) is 0 Å². The molecule has 0 amide bonds. The summed E-state index contributed by atoms with van der Waals surface area (Å²) in [6, 6.07) is 42.7. The second-order valence-electron chi connectivity index (χ2n) is 8.91. The minimum absolute atomic E-state index is 0. The van der Waals surface area contributed by atoms with Gasteiger partial charge in [-0.3, -0.25) is 0 Å². The normalized spacial score (nSPS) is 13.5. The van der Waals surface area contributed by atoms with E-state index in [0.717, 1.165) is 5.75 Å². The van der Waals surface area contributed by atoms with E-state index in [2.05, 4.69) is 121 Å². The summed E-state index contributed by atoms with van der Waals surface area (Å²) in [5, 5.41) is 4.31. The van der Waals surface area contributed by atoms with E-state index < -0.39 is 23.5 Å². The molecule has 1 radical (unpaired) electrons. The molecule has 0 saturated carbocycles. The van der Waals surface area contributed by atoms with Crippen molar-refractivity contribution in [2.75, 3.05) is 7.11 Å². The monoisotopic (exact) mass is 927 g/mol. The van der Waals surface area contributed by atoms with Gasteiger partial charge in [0.1, 0.15) is 15.9 Å². The Bertz CT molecular complexity index is 1340. The molecule has 0 bridgehead atoms. The van der Waals surface area contributed by atoms with E-state index in [4.69, 9.17) is 17.7 Å². The number of benzene rings is 4.